The number of anilines is 1. The van der Waals surface area contributed by atoms with Crippen LogP contribution in [-0.2, 0) is 21.0 Å². The van der Waals surface area contributed by atoms with E-state index in [1.807, 2.05) is 0 Å². The lowest BCUT2D eigenvalue weighted by atomic mass is 10.2. The van der Waals surface area contributed by atoms with Gasteiger partial charge in [0.1, 0.15) is 11.6 Å². The van der Waals surface area contributed by atoms with E-state index in [1.54, 1.807) is 4.90 Å². The Morgan fingerprint density at radius 2 is 2.00 bits per heavy atom. The number of aromatic nitrogens is 1. The van der Waals surface area contributed by atoms with Crippen LogP contribution in [0.3, 0.4) is 0 Å². The predicted molar refractivity (Wildman–Crippen MR) is 105 cm³/mol. The third-order valence-electron chi connectivity index (χ3n) is 4.58. The molecule has 1 saturated heterocycles. The molecule has 0 radical (unpaired) electrons. The van der Waals surface area contributed by atoms with Crippen molar-refractivity contribution in [1.82, 2.24) is 15.0 Å². The highest BCUT2D eigenvalue weighted by atomic mass is 35.5. The fourth-order valence-corrected chi connectivity index (χ4v) is 4.25. The number of rotatable bonds is 6. The first-order valence-corrected chi connectivity index (χ1v) is 10.8. The first-order valence-electron chi connectivity index (χ1n) is 8.98. The highest BCUT2D eigenvalue weighted by Gasteiger charge is 2.31. The molecular weight excluding hydrogens is 464 g/mol. The molecule has 1 aliphatic heterocycles. The number of alkyl halides is 3. The van der Waals surface area contributed by atoms with Gasteiger partial charge in [0.25, 0.3) is 0 Å². The third kappa shape index (κ3) is 5.83. The van der Waals surface area contributed by atoms with Gasteiger partial charge in [-0.05, 0) is 36.8 Å². The summed E-state index contributed by atoms with van der Waals surface area (Å²) in [4.78, 5) is 17.4. The van der Waals surface area contributed by atoms with Crippen LogP contribution in [0.1, 0.15) is 12.0 Å². The maximum absolute atomic E-state index is 13.2. The number of hydrogen-bond acceptors (Lipinski definition) is 5. The smallest absolute Gasteiger partial charge is 0.354 e. The summed E-state index contributed by atoms with van der Waals surface area (Å²) in [5.41, 5.74) is -0.852. The van der Waals surface area contributed by atoms with E-state index in [0.29, 0.717) is 25.3 Å². The van der Waals surface area contributed by atoms with Crippen LogP contribution in [0, 0.1) is 5.82 Å². The molecule has 0 aliphatic carbocycles. The average molecular weight is 481 g/mol. The number of halogens is 5. The Bertz CT molecular complexity index is 1060. The van der Waals surface area contributed by atoms with Gasteiger partial charge in [-0.1, -0.05) is 11.6 Å². The largest absolute Gasteiger partial charge is 0.417 e. The van der Waals surface area contributed by atoms with Crippen LogP contribution < -0.4 is 14.9 Å². The van der Waals surface area contributed by atoms with E-state index in [2.05, 4.69) is 15.0 Å². The Morgan fingerprint density at radius 3 is 2.61 bits per heavy atom. The summed E-state index contributed by atoms with van der Waals surface area (Å²) in [6.45, 7) is 0.222. The third-order valence-corrected chi connectivity index (χ3v) is 6.27. The molecule has 1 unspecified atom stereocenters. The highest BCUT2D eigenvalue weighted by Crippen LogP contribution is 2.30. The summed E-state index contributed by atoms with van der Waals surface area (Å²) in [7, 11) is -4.07. The molecule has 168 valence electrons. The molecule has 2 N–H and O–H groups in total. The van der Waals surface area contributed by atoms with Crippen molar-refractivity contribution in [3.63, 3.8) is 0 Å². The monoisotopic (exact) mass is 480 g/mol. The van der Waals surface area contributed by atoms with Crippen molar-refractivity contribution in [3.05, 3.63) is 52.9 Å². The zero-order valence-electron chi connectivity index (χ0n) is 15.8. The van der Waals surface area contributed by atoms with Gasteiger partial charge >= 0.3 is 6.18 Å². The minimum atomic E-state index is -4.47. The highest BCUT2D eigenvalue weighted by molar-refractivity contribution is 7.89. The molecule has 31 heavy (non-hydrogen) atoms. The van der Waals surface area contributed by atoms with Crippen molar-refractivity contribution in [2.24, 2.45) is 0 Å². The second-order valence-corrected chi connectivity index (χ2v) is 8.98. The van der Waals surface area contributed by atoms with E-state index in [-0.39, 0.29) is 16.0 Å². The molecule has 1 aromatic carbocycles. The maximum Gasteiger partial charge on any atom is 0.417 e. The molecule has 0 spiro atoms. The van der Waals surface area contributed by atoms with Crippen LogP contribution in [-0.4, -0.2) is 45.0 Å². The molecule has 1 aromatic heterocycles. The first kappa shape index (κ1) is 23.2. The molecule has 13 heteroatoms. The van der Waals surface area contributed by atoms with Crippen molar-refractivity contribution in [1.29, 1.82) is 0 Å². The van der Waals surface area contributed by atoms with E-state index >= 15 is 0 Å². The number of carbonyl (C=O) groups is 1. The number of carbonyl (C=O) groups excluding carboxylic acids is 1. The number of hydrogen-bond donors (Lipinski definition) is 2. The lowest BCUT2D eigenvalue weighted by Gasteiger charge is -2.18. The predicted octanol–water partition coefficient (Wildman–Crippen LogP) is 2.57. The zero-order valence-corrected chi connectivity index (χ0v) is 17.4. The first-order chi connectivity index (χ1) is 14.5. The molecule has 0 bridgehead atoms. The van der Waals surface area contributed by atoms with Crippen LogP contribution in [0.25, 0.3) is 0 Å². The molecule has 1 fully saturated rings. The molecule has 1 atom stereocenters. The van der Waals surface area contributed by atoms with Gasteiger partial charge in [-0.3, -0.25) is 4.79 Å². The summed E-state index contributed by atoms with van der Waals surface area (Å²) in [6.07, 6.45) is -3.22. The lowest BCUT2D eigenvalue weighted by molar-refractivity contribution is -0.137. The van der Waals surface area contributed by atoms with Gasteiger partial charge in [0.2, 0.25) is 15.9 Å². The van der Waals surface area contributed by atoms with Gasteiger partial charge < -0.3 is 10.2 Å². The number of amides is 1. The van der Waals surface area contributed by atoms with E-state index in [0.717, 1.165) is 30.5 Å². The van der Waals surface area contributed by atoms with Crippen LogP contribution >= 0.6 is 11.6 Å². The Hall–Kier alpha value is -2.44. The summed E-state index contributed by atoms with van der Waals surface area (Å²) in [5, 5.41) is 2.29. The fourth-order valence-electron chi connectivity index (χ4n) is 2.99. The number of benzene rings is 1. The van der Waals surface area contributed by atoms with Gasteiger partial charge in [-0.15, -0.1) is 0 Å². The van der Waals surface area contributed by atoms with E-state index < -0.39 is 40.0 Å². The van der Waals surface area contributed by atoms with Crippen LogP contribution in [0.5, 0.6) is 0 Å². The second-order valence-electron chi connectivity index (χ2n) is 6.80. The second kappa shape index (κ2) is 8.97. The van der Waals surface area contributed by atoms with Crippen LogP contribution in [0.4, 0.5) is 23.4 Å². The quantitative estimate of drug-likeness (QED) is 0.620. The topological polar surface area (TPSA) is 91.4 Å². The molecule has 2 heterocycles. The van der Waals surface area contributed by atoms with Gasteiger partial charge in [0.15, 0.2) is 0 Å². The van der Waals surface area contributed by atoms with Crippen molar-refractivity contribution < 1.29 is 30.8 Å². The summed E-state index contributed by atoms with van der Waals surface area (Å²) in [5.74, 6) is -1.02. The summed E-state index contributed by atoms with van der Waals surface area (Å²) in [6, 6.07) is 4.72. The SMILES string of the molecule is O=C(CNS(=O)(=O)c1ccc(F)c(Cl)c1)NC1CCN(c2ccc(C(F)(F)F)cn2)C1. The van der Waals surface area contributed by atoms with E-state index in [4.69, 9.17) is 11.6 Å². The fraction of sp³-hybridized carbons (Fsp3) is 0.333. The number of nitrogens with zero attached hydrogens (tertiary/aromatic N) is 2. The molecule has 1 aliphatic rings. The molecular formula is C18H17ClF4N4O3S. The number of nitrogens with one attached hydrogen (secondary N) is 2. The molecule has 3 rings (SSSR count). The van der Waals surface area contributed by atoms with Gasteiger partial charge in [-0.25, -0.2) is 22.5 Å². The van der Waals surface area contributed by atoms with Crippen molar-refractivity contribution in [2.45, 2.75) is 23.5 Å². The van der Waals surface area contributed by atoms with Gasteiger partial charge in [0.05, 0.1) is 22.0 Å². The van der Waals surface area contributed by atoms with Crippen molar-refractivity contribution in [3.8, 4) is 0 Å². The molecule has 2 aromatic rings. The van der Waals surface area contributed by atoms with Gasteiger partial charge in [0, 0.05) is 25.3 Å². The zero-order chi connectivity index (χ0) is 22.8. The van der Waals surface area contributed by atoms with Crippen molar-refractivity contribution >= 4 is 33.3 Å². The van der Waals surface area contributed by atoms with Crippen LogP contribution in [0.15, 0.2) is 41.4 Å². The Labute approximate surface area is 180 Å². The van der Waals surface area contributed by atoms with E-state index in [9.17, 15) is 30.8 Å². The van der Waals surface area contributed by atoms with Gasteiger partial charge in [-0.2, -0.15) is 13.2 Å². The molecule has 7 nitrogen and oxygen atoms in total. The maximum atomic E-state index is 13.2. The normalized spacial score (nSPS) is 17.1. The lowest BCUT2D eigenvalue weighted by Crippen LogP contribution is -2.43. The Balaban J connectivity index is 1.52. The van der Waals surface area contributed by atoms with E-state index in [1.165, 1.54) is 6.07 Å². The standard InChI is InChI=1S/C18H17ClF4N4O3S/c19-14-7-13(2-3-15(14)20)31(29,30)25-9-17(28)26-12-5-6-27(10-12)16-4-1-11(8-24-16)18(21,22)23/h1-4,7-8,12,25H,5-6,9-10H2,(H,26,28). The Morgan fingerprint density at radius 1 is 1.26 bits per heavy atom. The number of sulfonamides is 1. The molecule has 0 saturated carbocycles. The van der Waals surface area contributed by atoms with Crippen molar-refractivity contribution in [2.75, 3.05) is 24.5 Å². The Kier molecular flexibility index (Phi) is 6.72. The number of pyridine rings is 1. The summed E-state index contributed by atoms with van der Waals surface area (Å²) >= 11 is 5.58. The molecule has 1 amide bonds. The minimum absolute atomic E-state index is 0.285. The minimum Gasteiger partial charge on any atom is -0.354 e. The average Bonchev–Trinajstić information content (AvgIpc) is 3.16. The summed E-state index contributed by atoms with van der Waals surface area (Å²) < 4.78 is 77.6. The van der Waals surface area contributed by atoms with Crippen LogP contribution in [0.2, 0.25) is 5.02 Å².